The molecule has 124 valence electrons. The van der Waals surface area contributed by atoms with Gasteiger partial charge in [-0.1, -0.05) is 11.6 Å². The van der Waals surface area contributed by atoms with E-state index in [0.717, 1.165) is 0 Å². The summed E-state index contributed by atoms with van der Waals surface area (Å²) in [7, 11) is -1.57. The van der Waals surface area contributed by atoms with Gasteiger partial charge in [-0.15, -0.1) is 24.0 Å². The van der Waals surface area contributed by atoms with Gasteiger partial charge < -0.3 is 15.8 Å². The fraction of sp³-hybridized carbons (Fsp3) is 0.462. The molecular weight excluding hydrogens is 441 g/mol. The predicted octanol–water partition coefficient (Wildman–Crippen LogP) is 2.27. The lowest BCUT2D eigenvalue weighted by atomic mass is 10.3. The van der Waals surface area contributed by atoms with Crippen LogP contribution in [0.5, 0.6) is 5.75 Å². The average Bonchev–Trinajstić information content (AvgIpc) is 3.17. The molecule has 0 bridgehead atoms. The van der Waals surface area contributed by atoms with Gasteiger partial charge in [0.1, 0.15) is 5.75 Å². The third-order valence-corrected chi connectivity index (χ3v) is 5.96. The summed E-state index contributed by atoms with van der Waals surface area (Å²) in [5.41, 5.74) is 6.43. The van der Waals surface area contributed by atoms with E-state index in [2.05, 4.69) is 10.3 Å². The van der Waals surface area contributed by atoms with Crippen LogP contribution in [0.4, 0.5) is 5.69 Å². The average molecular weight is 460 g/mol. The van der Waals surface area contributed by atoms with E-state index in [0.29, 0.717) is 29.3 Å². The maximum atomic E-state index is 11.6. The highest BCUT2D eigenvalue weighted by Gasteiger charge is 2.51. The molecule has 3 N–H and O–H groups in total. The fourth-order valence-corrected chi connectivity index (χ4v) is 3.35. The van der Waals surface area contributed by atoms with E-state index in [1.165, 1.54) is 13.4 Å². The molecule has 1 saturated carbocycles. The molecule has 1 aliphatic carbocycles. The molecule has 1 fully saturated rings. The van der Waals surface area contributed by atoms with Crippen molar-refractivity contribution < 1.29 is 13.2 Å². The first-order chi connectivity index (χ1) is 9.77. The molecule has 0 radical (unpaired) electrons. The predicted molar refractivity (Wildman–Crippen MR) is 100 cm³/mol. The quantitative estimate of drug-likeness (QED) is 0.400. The second kappa shape index (κ2) is 7.22. The van der Waals surface area contributed by atoms with Gasteiger partial charge in [-0.2, -0.15) is 0 Å². The van der Waals surface area contributed by atoms with E-state index in [-0.39, 0.29) is 36.5 Å². The van der Waals surface area contributed by atoms with Gasteiger partial charge >= 0.3 is 0 Å². The summed E-state index contributed by atoms with van der Waals surface area (Å²) in [4.78, 5) is 4.12. The Bertz CT molecular complexity index is 675. The van der Waals surface area contributed by atoms with Gasteiger partial charge in [-0.05, 0) is 31.0 Å². The summed E-state index contributed by atoms with van der Waals surface area (Å²) in [6, 6.07) is 5.11. The molecule has 0 aromatic heterocycles. The smallest absolute Gasteiger partial charge is 0.193 e. The summed E-state index contributed by atoms with van der Waals surface area (Å²) < 4.78 is 27.6. The number of hydrogen-bond donors (Lipinski definition) is 2. The molecule has 0 unspecified atom stereocenters. The van der Waals surface area contributed by atoms with Crippen molar-refractivity contribution in [2.24, 2.45) is 10.7 Å². The topological polar surface area (TPSA) is 93.8 Å². The fourth-order valence-electron chi connectivity index (χ4n) is 1.95. The minimum absolute atomic E-state index is 0. The van der Waals surface area contributed by atoms with Crippen LogP contribution in [-0.2, 0) is 9.84 Å². The standard InChI is InChI=1S/C13H18ClN3O3S.HI/c1-20-11-4-3-9(7-10(11)14)17-12(15)16-8-13(5-6-13)21(2,18)19;/h3-4,7H,5-6,8H2,1-2H3,(H3,15,16,17);1H. The van der Waals surface area contributed by atoms with Crippen LogP contribution in [0.3, 0.4) is 0 Å². The second-order valence-electron chi connectivity index (χ2n) is 5.13. The van der Waals surface area contributed by atoms with Crippen LogP contribution < -0.4 is 15.8 Å². The van der Waals surface area contributed by atoms with Gasteiger partial charge in [0, 0.05) is 11.9 Å². The van der Waals surface area contributed by atoms with Crippen LogP contribution in [0.1, 0.15) is 12.8 Å². The van der Waals surface area contributed by atoms with Gasteiger partial charge in [-0.25, -0.2) is 8.42 Å². The van der Waals surface area contributed by atoms with Gasteiger partial charge in [0.2, 0.25) is 0 Å². The first-order valence-electron chi connectivity index (χ1n) is 6.37. The molecule has 0 atom stereocenters. The summed E-state index contributed by atoms with van der Waals surface area (Å²) in [5.74, 6) is 0.720. The number of methoxy groups -OCH3 is 1. The number of nitrogens with two attached hydrogens (primary N) is 1. The Morgan fingerprint density at radius 1 is 1.50 bits per heavy atom. The lowest BCUT2D eigenvalue weighted by Gasteiger charge is -2.11. The van der Waals surface area contributed by atoms with Crippen molar-refractivity contribution in [1.29, 1.82) is 0 Å². The highest BCUT2D eigenvalue weighted by Crippen LogP contribution is 2.43. The molecule has 1 aliphatic rings. The lowest BCUT2D eigenvalue weighted by molar-refractivity contribution is 0.415. The zero-order chi connectivity index (χ0) is 15.7. The summed E-state index contributed by atoms with van der Waals surface area (Å²) >= 11 is 6.01. The molecule has 0 spiro atoms. The molecule has 0 heterocycles. The molecule has 1 aromatic carbocycles. The summed E-state index contributed by atoms with van der Waals surface area (Å²) in [5, 5.41) is 3.33. The van der Waals surface area contributed by atoms with Crippen molar-refractivity contribution in [3.05, 3.63) is 23.2 Å². The number of hydrogen-bond acceptors (Lipinski definition) is 4. The number of halogens is 2. The van der Waals surface area contributed by atoms with Gasteiger partial charge in [0.15, 0.2) is 15.8 Å². The van der Waals surface area contributed by atoms with E-state index in [1.54, 1.807) is 18.2 Å². The largest absolute Gasteiger partial charge is 0.495 e. The van der Waals surface area contributed by atoms with Crippen LogP contribution in [0.15, 0.2) is 23.2 Å². The molecule has 6 nitrogen and oxygen atoms in total. The van der Waals surface area contributed by atoms with Crippen molar-refractivity contribution in [3.8, 4) is 5.75 Å². The monoisotopic (exact) mass is 459 g/mol. The molecule has 1 aromatic rings. The Labute approximate surface area is 152 Å². The molecule has 2 rings (SSSR count). The Balaban J connectivity index is 0.00000242. The second-order valence-corrected chi connectivity index (χ2v) is 7.95. The summed E-state index contributed by atoms with van der Waals surface area (Å²) in [6.07, 6.45) is 2.51. The molecular formula is C13H19ClIN3O3S. The van der Waals surface area contributed by atoms with Crippen molar-refractivity contribution >= 4 is 57.1 Å². The van der Waals surface area contributed by atoms with Crippen LogP contribution in [0.25, 0.3) is 0 Å². The van der Waals surface area contributed by atoms with Crippen molar-refractivity contribution in [2.45, 2.75) is 17.6 Å². The van der Waals surface area contributed by atoms with Gasteiger partial charge in [-0.3, -0.25) is 4.99 Å². The minimum Gasteiger partial charge on any atom is -0.495 e. The normalized spacial score (nSPS) is 16.6. The zero-order valence-electron chi connectivity index (χ0n) is 12.3. The van der Waals surface area contributed by atoms with Crippen molar-refractivity contribution in [1.82, 2.24) is 0 Å². The Morgan fingerprint density at radius 3 is 2.59 bits per heavy atom. The Hall–Kier alpha value is -0.740. The van der Waals surface area contributed by atoms with E-state index in [4.69, 9.17) is 22.1 Å². The van der Waals surface area contributed by atoms with Gasteiger partial charge in [0.25, 0.3) is 0 Å². The van der Waals surface area contributed by atoms with Crippen LogP contribution in [0, 0.1) is 0 Å². The van der Waals surface area contributed by atoms with E-state index >= 15 is 0 Å². The number of rotatable bonds is 5. The third-order valence-electron chi connectivity index (χ3n) is 3.56. The van der Waals surface area contributed by atoms with Gasteiger partial charge in [0.05, 0.1) is 23.4 Å². The maximum absolute atomic E-state index is 11.6. The van der Waals surface area contributed by atoms with Crippen molar-refractivity contribution in [2.75, 3.05) is 25.2 Å². The first-order valence-corrected chi connectivity index (χ1v) is 8.64. The molecule has 9 heteroatoms. The highest BCUT2D eigenvalue weighted by atomic mass is 127. The maximum Gasteiger partial charge on any atom is 0.193 e. The first kappa shape index (κ1) is 19.3. The van der Waals surface area contributed by atoms with Crippen LogP contribution in [-0.4, -0.2) is 39.0 Å². The number of ether oxygens (including phenoxy) is 1. The van der Waals surface area contributed by atoms with E-state index < -0.39 is 14.6 Å². The van der Waals surface area contributed by atoms with E-state index in [1.807, 2.05) is 0 Å². The number of aliphatic imine (C=N–C) groups is 1. The number of sulfone groups is 1. The number of anilines is 1. The van der Waals surface area contributed by atoms with E-state index in [9.17, 15) is 8.42 Å². The number of benzene rings is 1. The Kier molecular flexibility index (Phi) is 6.34. The summed E-state index contributed by atoms with van der Waals surface area (Å²) in [6.45, 7) is 0.175. The zero-order valence-corrected chi connectivity index (χ0v) is 16.2. The molecule has 0 amide bonds. The highest BCUT2D eigenvalue weighted by molar-refractivity contribution is 14.0. The lowest BCUT2D eigenvalue weighted by Crippen LogP contribution is -2.29. The number of guanidine groups is 1. The SMILES string of the molecule is COc1ccc(NC(N)=NCC2(S(C)(=O)=O)CC2)cc1Cl.I. The number of nitrogens with zero attached hydrogens (tertiary/aromatic N) is 1. The molecule has 0 aliphatic heterocycles. The van der Waals surface area contributed by atoms with Crippen LogP contribution in [0.2, 0.25) is 5.02 Å². The third kappa shape index (κ3) is 4.39. The molecule has 0 saturated heterocycles. The minimum atomic E-state index is -3.10. The molecule has 22 heavy (non-hydrogen) atoms. The van der Waals surface area contributed by atoms with Crippen molar-refractivity contribution in [3.63, 3.8) is 0 Å². The number of nitrogens with one attached hydrogen (secondary N) is 1. The van der Waals surface area contributed by atoms with Crippen LogP contribution >= 0.6 is 35.6 Å². The Morgan fingerprint density at radius 2 is 2.14 bits per heavy atom.